The number of carbonyl (C=O) groups is 1. The van der Waals surface area contributed by atoms with Crippen LogP contribution in [0.15, 0.2) is 34.4 Å². The molecule has 2 aromatic heterocycles. The first-order chi connectivity index (χ1) is 11.1. The quantitative estimate of drug-likeness (QED) is 0.611. The number of H-pyrrole nitrogens is 1. The van der Waals surface area contributed by atoms with Gasteiger partial charge >= 0.3 is 0 Å². The summed E-state index contributed by atoms with van der Waals surface area (Å²) in [6.45, 7) is 0.465. The topological polar surface area (TPSA) is 114 Å². The van der Waals surface area contributed by atoms with Crippen LogP contribution in [0, 0.1) is 0 Å². The Bertz CT molecular complexity index is 902. The first-order valence-corrected chi connectivity index (χ1v) is 7.98. The van der Waals surface area contributed by atoms with Crippen molar-refractivity contribution in [3.05, 3.63) is 51.5 Å². The Balaban J connectivity index is 1.61. The number of fused-ring (bicyclic) bond motifs is 1. The molecule has 7 nitrogen and oxygen atoms in total. The Morgan fingerprint density at radius 1 is 1.30 bits per heavy atom. The predicted molar refractivity (Wildman–Crippen MR) is 89.5 cm³/mol. The van der Waals surface area contributed by atoms with Gasteiger partial charge in [0.2, 0.25) is 0 Å². The second-order valence-corrected chi connectivity index (χ2v) is 5.86. The average Bonchev–Trinajstić information content (AvgIpc) is 2.97. The van der Waals surface area contributed by atoms with Gasteiger partial charge in [-0.15, -0.1) is 11.3 Å². The second kappa shape index (κ2) is 6.57. The first kappa shape index (κ1) is 15.2. The van der Waals surface area contributed by atoms with Crippen LogP contribution in [-0.4, -0.2) is 27.4 Å². The number of amides is 1. The van der Waals surface area contributed by atoms with E-state index in [1.165, 1.54) is 11.3 Å². The van der Waals surface area contributed by atoms with E-state index in [1.54, 1.807) is 24.3 Å². The SMILES string of the molecule is Nc1nc(CCCNC(=O)c2nc3ccccc3c(=O)[nH]2)cs1. The number of nitrogens with two attached hydrogens (primary N) is 1. The number of thiazole rings is 1. The summed E-state index contributed by atoms with van der Waals surface area (Å²) in [5.41, 5.74) is 6.66. The number of carbonyl (C=O) groups excluding carboxylic acids is 1. The van der Waals surface area contributed by atoms with Crippen LogP contribution in [0.5, 0.6) is 0 Å². The highest BCUT2D eigenvalue weighted by atomic mass is 32.1. The Morgan fingerprint density at radius 3 is 2.91 bits per heavy atom. The van der Waals surface area contributed by atoms with Crippen molar-refractivity contribution >= 4 is 33.3 Å². The summed E-state index contributed by atoms with van der Waals surface area (Å²) in [4.78, 5) is 34.8. The van der Waals surface area contributed by atoms with Crippen LogP contribution >= 0.6 is 11.3 Å². The molecule has 0 fully saturated rings. The minimum absolute atomic E-state index is 0.0200. The number of aromatic amines is 1. The number of rotatable bonds is 5. The van der Waals surface area contributed by atoms with Crippen molar-refractivity contribution in [2.24, 2.45) is 0 Å². The van der Waals surface area contributed by atoms with Gasteiger partial charge in [0.25, 0.3) is 11.5 Å². The number of hydrogen-bond acceptors (Lipinski definition) is 6. The van der Waals surface area contributed by atoms with E-state index in [9.17, 15) is 9.59 Å². The van der Waals surface area contributed by atoms with Gasteiger partial charge in [-0.3, -0.25) is 9.59 Å². The first-order valence-electron chi connectivity index (χ1n) is 7.10. The molecule has 0 atom stereocenters. The predicted octanol–water partition coefficient (Wildman–Crippen LogP) is 1.32. The zero-order valence-corrected chi connectivity index (χ0v) is 13.0. The van der Waals surface area contributed by atoms with E-state index in [2.05, 4.69) is 20.3 Å². The van der Waals surface area contributed by atoms with E-state index in [0.717, 1.165) is 18.5 Å². The molecule has 0 spiro atoms. The minimum atomic E-state index is -0.398. The fraction of sp³-hybridized carbons (Fsp3) is 0.200. The smallest absolute Gasteiger partial charge is 0.287 e. The number of anilines is 1. The van der Waals surface area contributed by atoms with Crippen molar-refractivity contribution in [1.82, 2.24) is 20.3 Å². The molecule has 0 aliphatic heterocycles. The van der Waals surface area contributed by atoms with Gasteiger partial charge in [0.05, 0.1) is 16.6 Å². The van der Waals surface area contributed by atoms with Crippen molar-refractivity contribution in [3.8, 4) is 0 Å². The summed E-state index contributed by atoms with van der Waals surface area (Å²) >= 11 is 1.40. The van der Waals surface area contributed by atoms with Crippen LogP contribution in [-0.2, 0) is 6.42 Å². The monoisotopic (exact) mass is 329 g/mol. The fourth-order valence-electron chi connectivity index (χ4n) is 2.19. The highest BCUT2D eigenvalue weighted by Crippen LogP contribution is 2.12. The minimum Gasteiger partial charge on any atom is -0.375 e. The summed E-state index contributed by atoms with van der Waals surface area (Å²) in [5, 5.41) is 5.65. The van der Waals surface area contributed by atoms with Gasteiger partial charge in [-0.2, -0.15) is 0 Å². The van der Waals surface area contributed by atoms with Crippen LogP contribution < -0.4 is 16.6 Å². The maximum absolute atomic E-state index is 12.1. The summed E-state index contributed by atoms with van der Waals surface area (Å²) < 4.78 is 0. The lowest BCUT2D eigenvalue weighted by Crippen LogP contribution is -2.29. The van der Waals surface area contributed by atoms with E-state index in [4.69, 9.17) is 5.73 Å². The van der Waals surface area contributed by atoms with Crippen molar-refractivity contribution in [2.45, 2.75) is 12.8 Å². The summed E-state index contributed by atoms with van der Waals surface area (Å²) in [7, 11) is 0. The third kappa shape index (κ3) is 3.54. The molecular weight excluding hydrogens is 314 g/mol. The summed E-state index contributed by atoms with van der Waals surface area (Å²) in [5.74, 6) is -0.378. The molecule has 0 bridgehead atoms. The van der Waals surface area contributed by atoms with Crippen LogP contribution in [0.25, 0.3) is 10.9 Å². The normalized spacial score (nSPS) is 10.8. The summed E-state index contributed by atoms with van der Waals surface area (Å²) in [6, 6.07) is 6.90. The molecule has 4 N–H and O–H groups in total. The molecule has 0 aliphatic rings. The molecule has 0 saturated heterocycles. The zero-order valence-electron chi connectivity index (χ0n) is 12.2. The highest BCUT2D eigenvalue weighted by Gasteiger charge is 2.10. The van der Waals surface area contributed by atoms with Crippen molar-refractivity contribution < 1.29 is 4.79 Å². The molecule has 1 amide bonds. The van der Waals surface area contributed by atoms with Gasteiger partial charge < -0.3 is 16.0 Å². The van der Waals surface area contributed by atoms with Gasteiger partial charge in [0.1, 0.15) is 0 Å². The Morgan fingerprint density at radius 2 is 2.13 bits per heavy atom. The maximum Gasteiger partial charge on any atom is 0.287 e. The number of nitrogens with zero attached hydrogens (tertiary/aromatic N) is 2. The highest BCUT2D eigenvalue weighted by molar-refractivity contribution is 7.13. The molecule has 0 radical (unpaired) electrons. The number of nitrogen functional groups attached to an aromatic ring is 1. The summed E-state index contributed by atoms with van der Waals surface area (Å²) in [6.07, 6.45) is 1.46. The molecule has 3 aromatic rings. The van der Waals surface area contributed by atoms with Crippen molar-refractivity contribution in [1.29, 1.82) is 0 Å². The molecule has 0 unspecified atom stereocenters. The molecule has 118 valence electrons. The number of aryl methyl sites for hydroxylation is 1. The van der Waals surface area contributed by atoms with E-state index >= 15 is 0 Å². The molecule has 8 heteroatoms. The van der Waals surface area contributed by atoms with Crippen LogP contribution in [0.3, 0.4) is 0 Å². The van der Waals surface area contributed by atoms with Crippen LogP contribution in [0.2, 0.25) is 0 Å². The largest absolute Gasteiger partial charge is 0.375 e. The van der Waals surface area contributed by atoms with Crippen LogP contribution in [0.4, 0.5) is 5.13 Å². The van der Waals surface area contributed by atoms with Gasteiger partial charge in [-0.25, -0.2) is 9.97 Å². The van der Waals surface area contributed by atoms with Crippen LogP contribution in [0.1, 0.15) is 22.7 Å². The Kier molecular flexibility index (Phi) is 4.33. The van der Waals surface area contributed by atoms with E-state index in [-0.39, 0.29) is 11.4 Å². The molecule has 0 aliphatic carbocycles. The second-order valence-electron chi connectivity index (χ2n) is 4.97. The lowest BCUT2D eigenvalue weighted by molar-refractivity contribution is 0.0943. The zero-order chi connectivity index (χ0) is 16.2. The van der Waals surface area contributed by atoms with Gasteiger partial charge in [0.15, 0.2) is 11.0 Å². The van der Waals surface area contributed by atoms with Gasteiger partial charge in [0, 0.05) is 11.9 Å². The van der Waals surface area contributed by atoms with Gasteiger partial charge in [-0.05, 0) is 25.0 Å². The Labute approximate surface area is 135 Å². The standard InChI is InChI=1S/C15H15N5O2S/c16-15-18-9(8-23-15)4-3-7-17-14(22)12-19-11-6-2-1-5-10(11)13(21)20-12/h1-2,5-6,8H,3-4,7H2,(H2,16,18)(H,17,22)(H,19,20,21). The lowest BCUT2D eigenvalue weighted by atomic mass is 10.2. The van der Waals surface area contributed by atoms with Crippen molar-refractivity contribution in [2.75, 3.05) is 12.3 Å². The molecule has 23 heavy (non-hydrogen) atoms. The van der Waals surface area contributed by atoms with Crippen molar-refractivity contribution in [3.63, 3.8) is 0 Å². The third-order valence-electron chi connectivity index (χ3n) is 3.29. The molecule has 3 rings (SSSR count). The third-order valence-corrected chi connectivity index (χ3v) is 4.02. The number of hydrogen-bond donors (Lipinski definition) is 3. The van der Waals surface area contributed by atoms with E-state index < -0.39 is 5.91 Å². The molecule has 1 aromatic carbocycles. The fourth-order valence-corrected chi connectivity index (χ4v) is 2.78. The lowest BCUT2D eigenvalue weighted by Gasteiger charge is -2.05. The molecule has 0 saturated carbocycles. The van der Waals surface area contributed by atoms with E-state index in [0.29, 0.717) is 22.6 Å². The number of nitrogens with one attached hydrogen (secondary N) is 2. The average molecular weight is 329 g/mol. The number of para-hydroxylation sites is 1. The Hall–Kier alpha value is -2.74. The number of aromatic nitrogens is 3. The molecule has 2 heterocycles. The molecular formula is C15H15N5O2S. The van der Waals surface area contributed by atoms with Gasteiger partial charge in [-0.1, -0.05) is 12.1 Å². The van der Waals surface area contributed by atoms with E-state index in [1.807, 2.05) is 5.38 Å². The number of benzene rings is 1. The maximum atomic E-state index is 12.1.